The second-order valence-electron chi connectivity index (χ2n) is 8.86. The Bertz CT molecular complexity index is 865. The number of amides is 3. The number of benzene rings is 1. The topological polar surface area (TPSA) is 95.7 Å². The first-order valence-electron chi connectivity index (χ1n) is 10.2. The third-order valence-corrected chi connectivity index (χ3v) is 7.27. The Morgan fingerprint density at radius 1 is 1.21 bits per heavy atom. The zero-order valence-corrected chi connectivity index (χ0v) is 15.9. The molecule has 1 saturated carbocycles. The van der Waals surface area contributed by atoms with Crippen LogP contribution in [-0.2, 0) is 22.7 Å². The van der Waals surface area contributed by atoms with Crippen molar-refractivity contribution in [2.24, 2.45) is 17.1 Å². The summed E-state index contributed by atoms with van der Waals surface area (Å²) < 4.78 is 0. The molecule has 7 heteroatoms. The number of nitrogens with zero attached hydrogens (tertiary/aromatic N) is 2. The normalized spacial score (nSPS) is 32.2. The first kappa shape index (κ1) is 17.8. The number of rotatable bonds is 4. The average molecular weight is 382 g/mol. The van der Waals surface area contributed by atoms with E-state index in [0.717, 1.165) is 37.7 Å². The van der Waals surface area contributed by atoms with Crippen molar-refractivity contribution in [3.8, 4) is 0 Å². The molecule has 3 N–H and O–H groups in total. The molecule has 0 aromatic heterocycles. The number of likely N-dealkylation sites (tertiary alicyclic amines) is 1. The third kappa shape index (κ3) is 2.68. The van der Waals surface area contributed by atoms with E-state index < -0.39 is 6.04 Å². The molecule has 2 saturated heterocycles. The molecular formula is C21H26N4O3. The van der Waals surface area contributed by atoms with Gasteiger partial charge in [-0.05, 0) is 54.3 Å². The van der Waals surface area contributed by atoms with E-state index >= 15 is 0 Å². The molecular weight excluding hydrogens is 356 g/mol. The summed E-state index contributed by atoms with van der Waals surface area (Å²) in [6.07, 6.45) is 3.20. The van der Waals surface area contributed by atoms with Crippen LogP contribution >= 0.6 is 0 Å². The highest BCUT2D eigenvalue weighted by Crippen LogP contribution is 2.51. The standard InChI is InChI=1S/C21H26N4O3/c22-11-21-6-5-15(21)10-24(12-21)8-13-1-2-16-14(7-13)9-25(20(16)28)17-3-4-18(26)23-19(17)27/h1-2,7,15,17H,3-6,8-12,22H2,(H,23,26,27)/t15-,17?,21-/m0/s1. The van der Waals surface area contributed by atoms with Gasteiger partial charge in [-0.3, -0.25) is 24.6 Å². The van der Waals surface area contributed by atoms with Crippen LogP contribution in [0.5, 0.6) is 0 Å². The maximum atomic E-state index is 12.8. The van der Waals surface area contributed by atoms with Gasteiger partial charge < -0.3 is 10.6 Å². The molecule has 1 aliphatic carbocycles. The minimum Gasteiger partial charge on any atom is -0.330 e. The Kier molecular flexibility index (Phi) is 4.07. The van der Waals surface area contributed by atoms with Crippen LogP contribution in [-0.4, -0.2) is 53.2 Å². The van der Waals surface area contributed by atoms with E-state index in [4.69, 9.17) is 5.73 Å². The molecule has 7 nitrogen and oxygen atoms in total. The van der Waals surface area contributed by atoms with E-state index in [9.17, 15) is 14.4 Å². The molecule has 4 aliphatic rings. The van der Waals surface area contributed by atoms with Gasteiger partial charge in [0, 0.05) is 38.2 Å². The van der Waals surface area contributed by atoms with Crippen LogP contribution in [0.4, 0.5) is 0 Å². The summed E-state index contributed by atoms with van der Waals surface area (Å²) >= 11 is 0. The van der Waals surface area contributed by atoms with Gasteiger partial charge in [0.2, 0.25) is 11.8 Å². The van der Waals surface area contributed by atoms with Crippen molar-refractivity contribution in [1.82, 2.24) is 15.1 Å². The molecule has 3 fully saturated rings. The molecule has 5 rings (SSSR count). The molecule has 148 valence electrons. The summed E-state index contributed by atoms with van der Waals surface area (Å²) in [4.78, 5) is 40.4. The Morgan fingerprint density at radius 2 is 2.07 bits per heavy atom. The van der Waals surface area contributed by atoms with E-state index in [1.54, 1.807) is 4.90 Å². The lowest BCUT2D eigenvalue weighted by molar-refractivity contribution is -0.136. The van der Waals surface area contributed by atoms with Gasteiger partial charge in [-0.1, -0.05) is 12.1 Å². The lowest BCUT2D eigenvalue weighted by Crippen LogP contribution is -2.52. The molecule has 1 unspecified atom stereocenters. The molecule has 3 amide bonds. The van der Waals surface area contributed by atoms with Crippen LogP contribution in [0.3, 0.4) is 0 Å². The number of nitrogens with one attached hydrogen (secondary N) is 1. The van der Waals surface area contributed by atoms with Crippen molar-refractivity contribution >= 4 is 17.7 Å². The zero-order valence-electron chi connectivity index (χ0n) is 15.9. The van der Waals surface area contributed by atoms with Gasteiger partial charge in [0.15, 0.2) is 0 Å². The first-order valence-corrected chi connectivity index (χ1v) is 10.2. The van der Waals surface area contributed by atoms with E-state index in [1.165, 1.54) is 18.4 Å². The van der Waals surface area contributed by atoms with Crippen LogP contribution in [0.2, 0.25) is 0 Å². The van der Waals surface area contributed by atoms with Crippen LogP contribution < -0.4 is 11.1 Å². The first-order chi connectivity index (χ1) is 13.5. The van der Waals surface area contributed by atoms with Gasteiger partial charge in [-0.25, -0.2) is 0 Å². The highest BCUT2D eigenvalue weighted by atomic mass is 16.2. The fraction of sp³-hybridized carbons (Fsp3) is 0.571. The summed E-state index contributed by atoms with van der Waals surface area (Å²) in [7, 11) is 0. The maximum absolute atomic E-state index is 12.8. The Morgan fingerprint density at radius 3 is 2.75 bits per heavy atom. The van der Waals surface area contributed by atoms with Crippen LogP contribution in [0.15, 0.2) is 18.2 Å². The van der Waals surface area contributed by atoms with Gasteiger partial charge in [-0.2, -0.15) is 0 Å². The summed E-state index contributed by atoms with van der Waals surface area (Å²) in [5.41, 5.74) is 9.21. The Hall–Kier alpha value is -2.25. The highest BCUT2D eigenvalue weighted by molar-refractivity contribution is 6.05. The van der Waals surface area contributed by atoms with Crippen molar-refractivity contribution in [3.05, 3.63) is 34.9 Å². The summed E-state index contributed by atoms with van der Waals surface area (Å²) in [5.74, 6) is -0.00588. The molecule has 0 radical (unpaired) electrons. The number of fused-ring (bicyclic) bond motifs is 2. The van der Waals surface area contributed by atoms with Gasteiger partial charge in [-0.15, -0.1) is 0 Å². The minimum atomic E-state index is -0.556. The molecule has 3 atom stereocenters. The molecule has 0 spiro atoms. The predicted octanol–water partition coefficient (Wildman–Crippen LogP) is 0.618. The van der Waals surface area contributed by atoms with E-state index in [1.807, 2.05) is 12.1 Å². The maximum Gasteiger partial charge on any atom is 0.255 e. The second-order valence-corrected chi connectivity index (χ2v) is 8.86. The van der Waals surface area contributed by atoms with E-state index in [0.29, 0.717) is 23.9 Å². The van der Waals surface area contributed by atoms with Gasteiger partial charge >= 0.3 is 0 Å². The third-order valence-electron chi connectivity index (χ3n) is 7.27. The van der Waals surface area contributed by atoms with Crippen LogP contribution in [0.1, 0.15) is 47.2 Å². The SMILES string of the molecule is NC[C@]12CC[C@H]1CN(Cc1ccc3c(c1)CN(C1CCC(=O)NC1=O)C3=O)C2. The molecule has 3 aliphatic heterocycles. The largest absolute Gasteiger partial charge is 0.330 e. The molecule has 3 heterocycles. The van der Waals surface area contributed by atoms with Gasteiger partial charge in [0.1, 0.15) is 6.04 Å². The highest BCUT2D eigenvalue weighted by Gasteiger charge is 2.51. The van der Waals surface area contributed by atoms with Crippen LogP contribution in [0.25, 0.3) is 0 Å². The number of carbonyl (C=O) groups excluding carboxylic acids is 3. The Balaban J connectivity index is 1.30. The van der Waals surface area contributed by atoms with E-state index in [2.05, 4.69) is 16.3 Å². The van der Waals surface area contributed by atoms with Crippen molar-refractivity contribution < 1.29 is 14.4 Å². The van der Waals surface area contributed by atoms with Gasteiger partial charge in [0.25, 0.3) is 5.91 Å². The molecule has 1 aromatic carbocycles. The lowest BCUT2D eigenvalue weighted by atomic mass is 9.62. The molecule has 1 aromatic rings. The number of nitrogens with two attached hydrogens (primary N) is 1. The fourth-order valence-corrected chi connectivity index (χ4v) is 5.51. The molecule has 28 heavy (non-hydrogen) atoms. The number of hydrogen-bond acceptors (Lipinski definition) is 5. The Labute approximate surface area is 164 Å². The van der Waals surface area contributed by atoms with Crippen LogP contribution in [0, 0.1) is 11.3 Å². The summed E-state index contributed by atoms with van der Waals surface area (Å²) in [6.45, 7) is 4.25. The van der Waals surface area contributed by atoms with Crippen molar-refractivity contribution in [1.29, 1.82) is 0 Å². The zero-order chi connectivity index (χ0) is 19.5. The number of piperidine rings is 1. The number of carbonyl (C=O) groups is 3. The number of imide groups is 1. The fourth-order valence-electron chi connectivity index (χ4n) is 5.51. The van der Waals surface area contributed by atoms with Gasteiger partial charge in [0.05, 0.1) is 0 Å². The minimum absolute atomic E-state index is 0.114. The summed E-state index contributed by atoms with van der Waals surface area (Å²) in [6, 6.07) is 5.47. The van der Waals surface area contributed by atoms with Crippen molar-refractivity contribution in [2.45, 2.75) is 44.8 Å². The van der Waals surface area contributed by atoms with Crippen molar-refractivity contribution in [2.75, 3.05) is 19.6 Å². The average Bonchev–Trinajstić information content (AvgIpc) is 3.10. The smallest absolute Gasteiger partial charge is 0.255 e. The lowest BCUT2D eigenvalue weighted by Gasteiger charge is -2.43. The van der Waals surface area contributed by atoms with E-state index in [-0.39, 0.29) is 24.1 Å². The number of hydrogen-bond donors (Lipinski definition) is 2. The second kappa shape index (κ2) is 6.39. The monoisotopic (exact) mass is 382 g/mol. The van der Waals surface area contributed by atoms with Crippen molar-refractivity contribution in [3.63, 3.8) is 0 Å². The quantitative estimate of drug-likeness (QED) is 0.745. The summed E-state index contributed by atoms with van der Waals surface area (Å²) in [5, 5.41) is 2.35. The predicted molar refractivity (Wildman–Crippen MR) is 102 cm³/mol. The molecule has 0 bridgehead atoms.